The number of hydrogen-bond acceptors (Lipinski definition) is 1. The third-order valence-electron chi connectivity index (χ3n) is 2.64. The van der Waals surface area contributed by atoms with Crippen molar-refractivity contribution in [2.45, 2.75) is 57.9 Å². The molecule has 0 aromatic heterocycles. The zero-order chi connectivity index (χ0) is 8.65. The summed E-state index contributed by atoms with van der Waals surface area (Å²) in [6, 6.07) is 0.801. The average Bonchev–Trinajstić information content (AvgIpc) is 2.14. The first-order valence-electron chi connectivity index (χ1n) is 5.48. The van der Waals surface area contributed by atoms with Gasteiger partial charge in [-0.05, 0) is 32.2 Å². The first kappa shape index (κ1) is 10.0. The molecule has 0 saturated carbocycles. The van der Waals surface area contributed by atoms with E-state index in [0.717, 1.165) is 6.04 Å². The van der Waals surface area contributed by atoms with Gasteiger partial charge in [-0.2, -0.15) is 0 Å². The summed E-state index contributed by atoms with van der Waals surface area (Å²) in [6.45, 7) is 3.48. The van der Waals surface area contributed by atoms with Crippen molar-refractivity contribution in [3.63, 3.8) is 0 Å². The van der Waals surface area contributed by atoms with Crippen LogP contribution in [0.3, 0.4) is 0 Å². The van der Waals surface area contributed by atoms with Crippen molar-refractivity contribution in [2.24, 2.45) is 0 Å². The quantitative estimate of drug-likeness (QED) is 0.622. The molecule has 1 aliphatic rings. The molecular weight excluding hydrogens is 146 g/mol. The Labute approximate surface area is 76.9 Å². The lowest BCUT2D eigenvalue weighted by atomic mass is 9.99. The summed E-state index contributed by atoms with van der Waals surface area (Å²) in [5.74, 6) is 0. The molecule has 1 atom stereocenters. The predicted octanol–water partition coefficient (Wildman–Crippen LogP) is 2.91. The summed E-state index contributed by atoms with van der Waals surface area (Å²) in [7, 11) is 0. The van der Waals surface area contributed by atoms with Crippen molar-refractivity contribution in [1.82, 2.24) is 5.32 Å². The van der Waals surface area contributed by atoms with Crippen molar-refractivity contribution in [3.05, 3.63) is 6.42 Å². The van der Waals surface area contributed by atoms with E-state index < -0.39 is 0 Å². The van der Waals surface area contributed by atoms with Crippen LogP contribution in [0.4, 0.5) is 0 Å². The maximum Gasteiger partial charge on any atom is 0.00698 e. The van der Waals surface area contributed by atoms with E-state index in [9.17, 15) is 0 Å². The van der Waals surface area contributed by atoms with Gasteiger partial charge in [-0.1, -0.05) is 32.6 Å². The minimum Gasteiger partial charge on any atom is -0.314 e. The van der Waals surface area contributed by atoms with Gasteiger partial charge in [-0.3, -0.25) is 0 Å². The second-order valence-electron chi connectivity index (χ2n) is 3.81. The molecule has 0 spiro atoms. The molecule has 1 rings (SSSR count). The molecular formula is C11H22N. The van der Waals surface area contributed by atoms with E-state index in [4.69, 9.17) is 0 Å². The van der Waals surface area contributed by atoms with E-state index in [2.05, 4.69) is 18.7 Å². The van der Waals surface area contributed by atoms with Gasteiger partial charge < -0.3 is 5.32 Å². The standard InChI is InChI=1S/C11H22N/c1-2-3-4-5-8-11-9-6-7-10-12-11/h6,11-12H,2-5,7-10H2,1H3. The SMILES string of the molecule is CCCCCCC1C[CH]CCN1. The van der Waals surface area contributed by atoms with Gasteiger partial charge in [0.05, 0.1) is 0 Å². The molecule has 1 fully saturated rings. The maximum atomic E-state index is 3.56. The van der Waals surface area contributed by atoms with Crippen LogP contribution in [0.1, 0.15) is 51.9 Å². The van der Waals surface area contributed by atoms with Crippen LogP contribution in [-0.2, 0) is 0 Å². The van der Waals surface area contributed by atoms with Crippen molar-refractivity contribution >= 4 is 0 Å². The zero-order valence-corrected chi connectivity index (χ0v) is 8.31. The minimum atomic E-state index is 0.801. The molecule has 0 aromatic rings. The molecule has 1 heteroatoms. The number of hydrogen-bond donors (Lipinski definition) is 1. The number of unbranched alkanes of at least 4 members (excludes halogenated alkanes) is 3. The fourth-order valence-electron chi connectivity index (χ4n) is 1.83. The van der Waals surface area contributed by atoms with E-state index in [0.29, 0.717) is 0 Å². The summed E-state index contributed by atoms with van der Waals surface area (Å²) < 4.78 is 0. The Morgan fingerprint density at radius 1 is 1.33 bits per heavy atom. The lowest BCUT2D eigenvalue weighted by molar-refractivity contribution is 0.417. The van der Waals surface area contributed by atoms with Crippen molar-refractivity contribution in [2.75, 3.05) is 6.54 Å². The van der Waals surface area contributed by atoms with Crippen LogP contribution < -0.4 is 5.32 Å². The molecule has 1 N–H and O–H groups in total. The Bertz CT molecular complexity index is 95.2. The number of nitrogens with one attached hydrogen (secondary N) is 1. The lowest BCUT2D eigenvalue weighted by Crippen LogP contribution is -2.33. The zero-order valence-electron chi connectivity index (χ0n) is 8.31. The van der Waals surface area contributed by atoms with Crippen LogP contribution in [-0.4, -0.2) is 12.6 Å². The fourth-order valence-corrected chi connectivity index (χ4v) is 1.83. The third kappa shape index (κ3) is 4.10. The van der Waals surface area contributed by atoms with Crippen molar-refractivity contribution in [1.29, 1.82) is 0 Å². The van der Waals surface area contributed by atoms with Crippen LogP contribution in [0.25, 0.3) is 0 Å². The summed E-state index contributed by atoms with van der Waals surface area (Å²) >= 11 is 0. The van der Waals surface area contributed by atoms with E-state index >= 15 is 0 Å². The van der Waals surface area contributed by atoms with Gasteiger partial charge in [0.2, 0.25) is 0 Å². The maximum absolute atomic E-state index is 3.56. The third-order valence-corrected chi connectivity index (χ3v) is 2.64. The van der Waals surface area contributed by atoms with Crippen LogP contribution in [0, 0.1) is 6.42 Å². The Morgan fingerprint density at radius 3 is 2.92 bits per heavy atom. The Kier molecular flexibility index (Phi) is 5.42. The predicted molar refractivity (Wildman–Crippen MR) is 54.1 cm³/mol. The first-order valence-corrected chi connectivity index (χ1v) is 5.48. The van der Waals surface area contributed by atoms with E-state index in [1.165, 1.54) is 51.5 Å². The van der Waals surface area contributed by atoms with Gasteiger partial charge in [0.1, 0.15) is 0 Å². The van der Waals surface area contributed by atoms with E-state index in [1.807, 2.05) is 0 Å². The normalized spacial score (nSPS) is 24.2. The Balaban J connectivity index is 1.91. The molecule has 1 heterocycles. The number of rotatable bonds is 5. The van der Waals surface area contributed by atoms with Crippen LogP contribution >= 0.6 is 0 Å². The van der Waals surface area contributed by atoms with Crippen molar-refractivity contribution in [3.8, 4) is 0 Å². The Hall–Kier alpha value is -0.0400. The van der Waals surface area contributed by atoms with E-state index in [-0.39, 0.29) is 0 Å². The second kappa shape index (κ2) is 6.47. The van der Waals surface area contributed by atoms with Gasteiger partial charge in [0.25, 0.3) is 0 Å². The average molecular weight is 168 g/mol. The Morgan fingerprint density at radius 2 is 2.25 bits per heavy atom. The van der Waals surface area contributed by atoms with Crippen LogP contribution in [0.5, 0.6) is 0 Å². The molecule has 1 aliphatic heterocycles. The molecule has 1 radical (unpaired) electrons. The topological polar surface area (TPSA) is 12.0 Å². The van der Waals surface area contributed by atoms with Gasteiger partial charge in [0.15, 0.2) is 0 Å². The molecule has 71 valence electrons. The minimum absolute atomic E-state index is 0.801. The second-order valence-corrected chi connectivity index (χ2v) is 3.81. The monoisotopic (exact) mass is 168 g/mol. The molecule has 0 amide bonds. The molecule has 1 saturated heterocycles. The highest BCUT2D eigenvalue weighted by Crippen LogP contribution is 2.13. The molecule has 1 nitrogen and oxygen atoms in total. The summed E-state index contributed by atoms with van der Waals surface area (Å²) in [5.41, 5.74) is 0. The van der Waals surface area contributed by atoms with Crippen molar-refractivity contribution < 1.29 is 0 Å². The molecule has 1 unspecified atom stereocenters. The highest BCUT2D eigenvalue weighted by molar-refractivity contribution is 4.82. The highest BCUT2D eigenvalue weighted by atomic mass is 14.9. The molecule has 12 heavy (non-hydrogen) atoms. The molecule has 0 bridgehead atoms. The number of piperidine rings is 1. The summed E-state index contributed by atoms with van der Waals surface area (Å²) in [5, 5.41) is 3.56. The highest BCUT2D eigenvalue weighted by Gasteiger charge is 2.11. The van der Waals surface area contributed by atoms with Gasteiger partial charge in [-0.15, -0.1) is 0 Å². The van der Waals surface area contributed by atoms with Gasteiger partial charge in [0, 0.05) is 6.04 Å². The first-order chi connectivity index (χ1) is 5.93. The van der Waals surface area contributed by atoms with Gasteiger partial charge in [-0.25, -0.2) is 0 Å². The largest absolute Gasteiger partial charge is 0.314 e. The van der Waals surface area contributed by atoms with Crippen LogP contribution in [0.2, 0.25) is 0 Å². The lowest BCUT2D eigenvalue weighted by Gasteiger charge is -2.22. The van der Waals surface area contributed by atoms with Crippen LogP contribution in [0.15, 0.2) is 0 Å². The fraction of sp³-hybridized carbons (Fsp3) is 0.909. The smallest absolute Gasteiger partial charge is 0.00698 e. The van der Waals surface area contributed by atoms with Gasteiger partial charge >= 0.3 is 0 Å². The molecule has 0 aliphatic carbocycles. The van der Waals surface area contributed by atoms with E-state index in [1.54, 1.807) is 0 Å². The molecule has 0 aromatic carbocycles. The summed E-state index contributed by atoms with van der Waals surface area (Å²) in [6.07, 6.45) is 12.0. The summed E-state index contributed by atoms with van der Waals surface area (Å²) in [4.78, 5) is 0.